The fraction of sp³-hybridized carbons (Fsp3) is 0.409. The standard InChI is InChI=1S/C22H24N6O3/c23-13-8-15(9-13)30-21-4-3-20-25-11-17(28(20)26-21)19-10-16-18(31-19)5-6-24-22(16)27-7-1-2-14(27)12-29/h3-6,10-11,13-15,29H,1-2,7-9,12,23H2/t13?,14-,15?/m1/s1. The van der Waals surface area contributed by atoms with Crippen molar-refractivity contribution in [1.82, 2.24) is 19.6 Å². The quantitative estimate of drug-likeness (QED) is 0.506. The first-order chi connectivity index (χ1) is 15.2. The van der Waals surface area contributed by atoms with Gasteiger partial charge in [-0.25, -0.2) is 14.5 Å². The Morgan fingerprint density at radius 3 is 2.97 bits per heavy atom. The van der Waals surface area contributed by atoms with Gasteiger partial charge in [0.25, 0.3) is 0 Å². The fourth-order valence-corrected chi connectivity index (χ4v) is 4.57. The molecule has 4 aromatic heterocycles. The molecule has 0 radical (unpaired) electrons. The third kappa shape index (κ3) is 3.12. The maximum Gasteiger partial charge on any atom is 0.232 e. The van der Waals surface area contributed by atoms with Gasteiger partial charge in [-0.1, -0.05) is 0 Å². The second-order valence-corrected chi connectivity index (χ2v) is 8.39. The maximum atomic E-state index is 9.74. The van der Waals surface area contributed by atoms with Crippen LogP contribution >= 0.6 is 0 Å². The molecule has 1 aliphatic heterocycles. The number of aliphatic hydroxyl groups is 1. The molecule has 9 heteroatoms. The van der Waals surface area contributed by atoms with Crippen molar-refractivity contribution in [3.8, 4) is 17.3 Å². The molecule has 6 rings (SSSR count). The molecule has 2 fully saturated rings. The lowest BCUT2D eigenvalue weighted by molar-refractivity contribution is 0.0944. The number of fused-ring (bicyclic) bond motifs is 2. The summed E-state index contributed by atoms with van der Waals surface area (Å²) in [5, 5.41) is 15.3. The average Bonchev–Trinajstić information content (AvgIpc) is 3.48. The van der Waals surface area contributed by atoms with Crippen LogP contribution < -0.4 is 15.4 Å². The zero-order valence-corrected chi connectivity index (χ0v) is 17.0. The lowest BCUT2D eigenvalue weighted by Crippen LogP contribution is -2.43. The Bertz CT molecular complexity index is 1240. The predicted molar refractivity (Wildman–Crippen MR) is 115 cm³/mol. The van der Waals surface area contributed by atoms with E-state index in [4.69, 9.17) is 14.9 Å². The van der Waals surface area contributed by atoms with Crippen molar-refractivity contribution < 1.29 is 14.3 Å². The number of pyridine rings is 1. The molecule has 0 amide bonds. The van der Waals surface area contributed by atoms with Crippen LogP contribution in [-0.4, -0.2) is 56.0 Å². The van der Waals surface area contributed by atoms with Crippen molar-refractivity contribution in [2.24, 2.45) is 5.73 Å². The van der Waals surface area contributed by atoms with Crippen molar-refractivity contribution >= 4 is 22.4 Å². The molecule has 3 N–H and O–H groups in total. The van der Waals surface area contributed by atoms with Crippen LogP contribution in [0.1, 0.15) is 25.7 Å². The monoisotopic (exact) mass is 420 g/mol. The molecule has 160 valence electrons. The van der Waals surface area contributed by atoms with Gasteiger partial charge in [0.1, 0.15) is 23.2 Å². The second-order valence-electron chi connectivity index (χ2n) is 8.39. The molecule has 9 nitrogen and oxygen atoms in total. The number of ether oxygens (including phenoxy) is 1. The molecular formula is C22H24N6O3. The number of imidazole rings is 1. The Morgan fingerprint density at radius 2 is 2.13 bits per heavy atom. The predicted octanol–water partition coefficient (Wildman–Crippen LogP) is 2.37. The van der Waals surface area contributed by atoms with E-state index in [2.05, 4.69) is 20.0 Å². The highest BCUT2D eigenvalue weighted by Gasteiger charge is 2.29. The smallest absolute Gasteiger partial charge is 0.232 e. The summed E-state index contributed by atoms with van der Waals surface area (Å²) in [6.45, 7) is 0.995. The van der Waals surface area contributed by atoms with E-state index in [1.807, 2.05) is 24.3 Å². The van der Waals surface area contributed by atoms with E-state index >= 15 is 0 Å². The molecule has 31 heavy (non-hydrogen) atoms. The first-order valence-corrected chi connectivity index (χ1v) is 10.7. The van der Waals surface area contributed by atoms with Crippen LogP contribution in [0.3, 0.4) is 0 Å². The number of hydrogen-bond acceptors (Lipinski definition) is 8. The van der Waals surface area contributed by atoms with Gasteiger partial charge in [-0.3, -0.25) is 0 Å². The molecular weight excluding hydrogens is 396 g/mol. The molecule has 0 bridgehead atoms. The number of rotatable bonds is 5. The lowest BCUT2D eigenvalue weighted by Gasteiger charge is -2.31. The first-order valence-electron chi connectivity index (χ1n) is 10.7. The Morgan fingerprint density at radius 1 is 1.23 bits per heavy atom. The number of nitrogens with two attached hydrogens (primary N) is 1. The van der Waals surface area contributed by atoms with Crippen LogP contribution in [-0.2, 0) is 0 Å². The Labute approximate surface area is 178 Å². The summed E-state index contributed by atoms with van der Waals surface area (Å²) >= 11 is 0. The van der Waals surface area contributed by atoms with Crippen LogP contribution in [0.15, 0.2) is 41.1 Å². The lowest BCUT2D eigenvalue weighted by atomic mass is 9.90. The van der Waals surface area contributed by atoms with E-state index in [1.165, 1.54) is 0 Å². The number of aromatic nitrogens is 4. The summed E-state index contributed by atoms with van der Waals surface area (Å²) in [4.78, 5) is 11.2. The van der Waals surface area contributed by atoms with Crippen LogP contribution in [0.5, 0.6) is 5.88 Å². The van der Waals surface area contributed by atoms with E-state index in [0.717, 1.165) is 54.7 Å². The highest BCUT2D eigenvalue weighted by molar-refractivity contribution is 5.92. The van der Waals surface area contributed by atoms with E-state index < -0.39 is 0 Å². The molecule has 5 heterocycles. The summed E-state index contributed by atoms with van der Waals surface area (Å²) < 4.78 is 13.9. The topological polar surface area (TPSA) is 115 Å². The van der Waals surface area contributed by atoms with Gasteiger partial charge in [0.05, 0.1) is 24.2 Å². The molecule has 0 aromatic carbocycles. The zero-order chi connectivity index (χ0) is 20.9. The number of furan rings is 1. The van der Waals surface area contributed by atoms with E-state index in [1.54, 1.807) is 16.9 Å². The number of aliphatic hydroxyl groups excluding tert-OH is 1. The maximum absolute atomic E-state index is 9.74. The van der Waals surface area contributed by atoms with Gasteiger partial charge < -0.3 is 24.9 Å². The first kappa shape index (κ1) is 18.6. The molecule has 2 aliphatic rings. The third-order valence-corrected chi connectivity index (χ3v) is 6.29. The Balaban J connectivity index is 1.38. The van der Waals surface area contributed by atoms with Gasteiger partial charge in [-0.05, 0) is 43.9 Å². The minimum absolute atomic E-state index is 0.0910. The summed E-state index contributed by atoms with van der Waals surface area (Å²) in [5.41, 5.74) is 8.06. The van der Waals surface area contributed by atoms with Crippen molar-refractivity contribution in [3.05, 3.63) is 36.7 Å². The van der Waals surface area contributed by atoms with Gasteiger partial charge in [0, 0.05) is 24.8 Å². The SMILES string of the molecule is NC1CC(Oc2ccc3ncc(-c4cc5c(N6CCC[C@@H]6CO)nccc5o4)n3n2)C1. The highest BCUT2D eigenvalue weighted by atomic mass is 16.5. The van der Waals surface area contributed by atoms with Gasteiger partial charge in [0.15, 0.2) is 11.4 Å². The average molecular weight is 420 g/mol. The van der Waals surface area contributed by atoms with Crippen molar-refractivity contribution in [3.63, 3.8) is 0 Å². The van der Waals surface area contributed by atoms with E-state index in [-0.39, 0.29) is 24.8 Å². The van der Waals surface area contributed by atoms with Gasteiger partial charge in [-0.2, -0.15) is 0 Å². The molecule has 0 spiro atoms. The second kappa shape index (κ2) is 7.21. The van der Waals surface area contributed by atoms with Crippen molar-refractivity contribution in [1.29, 1.82) is 0 Å². The Hall–Kier alpha value is -3.17. The number of anilines is 1. The van der Waals surface area contributed by atoms with Gasteiger partial charge in [0.2, 0.25) is 5.88 Å². The molecule has 1 atom stereocenters. The molecule has 4 aromatic rings. The molecule has 1 aliphatic carbocycles. The third-order valence-electron chi connectivity index (χ3n) is 6.29. The molecule has 1 saturated heterocycles. The molecule has 1 saturated carbocycles. The van der Waals surface area contributed by atoms with E-state index in [0.29, 0.717) is 17.3 Å². The summed E-state index contributed by atoms with van der Waals surface area (Å²) in [6.07, 6.45) is 7.32. The minimum atomic E-state index is 0.0910. The highest BCUT2D eigenvalue weighted by Crippen LogP contribution is 2.35. The van der Waals surface area contributed by atoms with Crippen LogP contribution in [0.25, 0.3) is 28.1 Å². The summed E-state index contributed by atoms with van der Waals surface area (Å²) in [6, 6.07) is 7.87. The van der Waals surface area contributed by atoms with Gasteiger partial charge in [-0.15, -0.1) is 5.10 Å². The van der Waals surface area contributed by atoms with Crippen molar-refractivity contribution in [2.45, 2.75) is 43.9 Å². The Kier molecular flexibility index (Phi) is 4.32. The number of hydrogen-bond donors (Lipinski definition) is 2. The normalized spacial score (nSPS) is 23.5. The van der Waals surface area contributed by atoms with E-state index in [9.17, 15) is 5.11 Å². The van der Waals surface area contributed by atoms with Crippen LogP contribution in [0.2, 0.25) is 0 Å². The van der Waals surface area contributed by atoms with Crippen LogP contribution in [0, 0.1) is 0 Å². The number of nitrogens with zero attached hydrogens (tertiary/aromatic N) is 5. The largest absolute Gasteiger partial charge is 0.473 e. The van der Waals surface area contributed by atoms with Gasteiger partial charge >= 0.3 is 0 Å². The summed E-state index contributed by atoms with van der Waals surface area (Å²) in [7, 11) is 0. The zero-order valence-electron chi connectivity index (χ0n) is 17.0. The van der Waals surface area contributed by atoms with Crippen molar-refractivity contribution in [2.75, 3.05) is 18.1 Å². The van der Waals surface area contributed by atoms with Crippen LogP contribution in [0.4, 0.5) is 5.82 Å². The summed E-state index contributed by atoms with van der Waals surface area (Å²) in [5.74, 6) is 2.05. The molecule has 0 unspecified atom stereocenters. The fourth-order valence-electron chi connectivity index (χ4n) is 4.57. The minimum Gasteiger partial charge on any atom is -0.473 e.